The van der Waals surface area contributed by atoms with Crippen LogP contribution in [-0.4, -0.2) is 46.7 Å². The maximum atomic E-state index is 12.2. The molecule has 1 saturated heterocycles. The van der Waals surface area contributed by atoms with Crippen LogP contribution in [0.1, 0.15) is 31.5 Å². The fourth-order valence-corrected chi connectivity index (χ4v) is 3.23. The second-order valence-corrected chi connectivity index (χ2v) is 6.83. The number of likely N-dealkylation sites (tertiary alicyclic amines) is 1. The van der Waals surface area contributed by atoms with Crippen LogP contribution in [0.3, 0.4) is 0 Å². The number of aromatic nitrogens is 2. The highest BCUT2D eigenvalue weighted by molar-refractivity contribution is 5.81. The number of amides is 1. The van der Waals surface area contributed by atoms with Crippen molar-refractivity contribution in [2.24, 2.45) is 5.92 Å². The van der Waals surface area contributed by atoms with Crippen molar-refractivity contribution >= 4 is 5.91 Å². The van der Waals surface area contributed by atoms with Gasteiger partial charge in [-0.15, -0.1) is 0 Å². The van der Waals surface area contributed by atoms with E-state index in [9.17, 15) is 4.79 Å². The largest absolute Gasteiger partial charge is 0.376 e. The number of benzene rings is 1. The van der Waals surface area contributed by atoms with Crippen LogP contribution >= 0.6 is 0 Å². The predicted octanol–water partition coefficient (Wildman–Crippen LogP) is 2.70. The molecular formula is C19H23N3O3. The standard InChI is InChI=1S/C19H23N3O3/c23-19(15-8-9-15)22-11-4-7-16(13-22)24-12-10-17-20-18(25-21-17)14-5-2-1-3-6-14/h1-3,5-6,15-16H,4,7-13H2. The van der Waals surface area contributed by atoms with Crippen LogP contribution in [-0.2, 0) is 16.0 Å². The first-order valence-electron chi connectivity index (χ1n) is 9.08. The highest BCUT2D eigenvalue weighted by atomic mass is 16.5. The number of piperidine rings is 1. The molecule has 2 aromatic rings. The first kappa shape index (κ1) is 16.3. The molecule has 1 amide bonds. The van der Waals surface area contributed by atoms with Crippen molar-refractivity contribution in [3.8, 4) is 11.5 Å². The summed E-state index contributed by atoms with van der Waals surface area (Å²) in [7, 11) is 0. The van der Waals surface area contributed by atoms with Gasteiger partial charge in [0.1, 0.15) is 0 Å². The summed E-state index contributed by atoms with van der Waals surface area (Å²) >= 11 is 0. The third-order valence-corrected chi connectivity index (χ3v) is 4.78. The van der Waals surface area contributed by atoms with E-state index in [0.29, 0.717) is 30.7 Å². The SMILES string of the molecule is O=C(C1CC1)N1CCCC(OCCc2noc(-c3ccccc3)n2)C1. The highest BCUT2D eigenvalue weighted by Crippen LogP contribution is 2.32. The van der Waals surface area contributed by atoms with Gasteiger partial charge in [0.05, 0.1) is 12.7 Å². The van der Waals surface area contributed by atoms with Gasteiger partial charge in [-0.1, -0.05) is 23.4 Å². The summed E-state index contributed by atoms with van der Waals surface area (Å²) in [5.74, 6) is 1.79. The smallest absolute Gasteiger partial charge is 0.257 e. The van der Waals surface area contributed by atoms with Gasteiger partial charge in [-0.05, 0) is 37.8 Å². The molecule has 1 aromatic heterocycles. The Morgan fingerprint density at radius 2 is 2.08 bits per heavy atom. The molecule has 6 nitrogen and oxygen atoms in total. The number of carbonyl (C=O) groups excluding carboxylic acids is 1. The summed E-state index contributed by atoms with van der Waals surface area (Å²) in [6, 6.07) is 9.73. The Balaban J connectivity index is 1.25. The summed E-state index contributed by atoms with van der Waals surface area (Å²) in [6.07, 6.45) is 4.88. The van der Waals surface area contributed by atoms with Crippen LogP contribution in [0.4, 0.5) is 0 Å². The van der Waals surface area contributed by atoms with E-state index in [1.807, 2.05) is 35.2 Å². The zero-order valence-electron chi connectivity index (χ0n) is 14.3. The van der Waals surface area contributed by atoms with Gasteiger partial charge in [0.2, 0.25) is 5.91 Å². The van der Waals surface area contributed by atoms with E-state index >= 15 is 0 Å². The first-order valence-corrected chi connectivity index (χ1v) is 9.08. The molecule has 0 radical (unpaired) electrons. The van der Waals surface area contributed by atoms with E-state index in [1.54, 1.807) is 0 Å². The first-order chi connectivity index (χ1) is 12.3. The number of hydrogen-bond acceptors (Lipinski definition) is 5. The molecule has 2 heterocycles. The average Bonchev–Trinajstić information content (AvgIpc) is 3.41. The number of rotatable bonds is 6. The summed E-state index contributed by atoms with van der Waals surface area (Å²) in [5.41, 5.74) is 0.920. The zero-order chi connectivity index (χ0) is 17.1. The summed E-state index contributed by atoms with van der Waals surface area (Å²) in [4.78, 5) is 18.6. The molecular weight excluding hydrogens is 318 g/mol. The molecule has 1 saturated carbocycles. The lowest BCUT2D eigenvalue weighted by molar-refractivity contribution is -0.136. The molecule has 2 fully saturated rings. The average molecular weight is 341 g/mol. The molecule has 1 aliphatic carbocycles. The minimum Gasteiger partial charge on any atom is -0.376 e. The Morgan fingerprint density at radius 3 is 2.88 bits per heavy atom. The van der Waals surface area contributed by atoms with E-state index in [0.717, 1.165) is 44.3 Å². The van der Waals surface area contributed by atoms with E-state index < -0.39 is 0 Å². The van der Waals surface area contributed by atoms with Crippen molar-refractivity contribution in [2.75, 3.05) is 19.7 Å². The molecule has 1 unspecified atom stereocenters. The van der Waals surface area contributed by atoms with E-state index in [-0.39, 0.29) is 12.0 Å². The van der Waals surface area contributed by atoms with Crippen molar-refractivity contribution in [1.82, 2.24) is 15.0 Å². The molecule has 25 heavy (non-hydrogen) atoms. The van der Waals surface area contributed by atoms with Gasteiger partial charge in [0.25, 0.3) is 5.89 Å². The van der Waals surface area contributed by atoms with Crippen molar-refractivity contribution < 1.29 is 14.1 Å². The molecule has 6 heteroatoms. The van der Waals surface area contributed by atoms with Crippen molar-refractivity contribution in [2.45, 2.75) is 38.2 Å². The Morgan fingerprint density at radius 1 is 1.24 bits per heavy atom. The Bertz CT molecular complexity index is 712. The topological polar surface area (TPSA) is 68.5 Å². The molecule has 1 atom stereocenters. The van der Waals surface area contributed by atoms with Crippen LogP contribution in [0, 0.1) is 5.92 Å². The van der Waals surface area contributed by atoms with Gasteiger partial charge >= 0.3 is 0 Å². The number of carbonyl (C=O) groups is 1. The van der Waals surface area contributed by atoms with Gasteiger partial charge in [-0.3, -0.25) is 4.79 Å². The second-order valence-electron chi connectivity index (χ2n) is 6.83. The maximum absolute atomic E-state index is 12.2. The summed E-state index contributed by atoms with van der Waals surface area (Å²) in [6.45, 7) is 2.14. The fraction of sp³-hybridized carbons (Fsp3) is 0.526. The third-order valence-electron chi connectivity index (χ3n) is 4.78. The van der Waals surface area contributed by atoms with Crippen LogP contribution in [0.5, 0.6) is 0 Å². The Kier molecular flexibility index (Phi) is 4.78. The molecule has 4 rings (SSSR count). The lowest BCUT2D eigenvalue weighted by atomic mass is 10.1. The zero-order valence-corrected chi connectivity index (χ0v) is 14.3. The maximum Gasteiger partial charge on any atom is 0.257 e. The van der Waals surface area contributed by atoms with Crippen molar-refractivity contribution in [3.05, 3.63) is 36.2 Å². The summed E-state index contributed by atoms with van der Waals surface area (Å²) < 4.78 is 11.3. The summed E-state index contributed by atoms with van der Waals surface area (Å²) in [5, 5.41) is 4.02. The Hall–Kier alpha value is -2.21. The lowest BCUT2D eigenvalue weighted by Crippen LogP contribution is -2.44. The molecule has 1 aromatic carbocycles. The predicted molar refractivity (Wildman–Crippen MR) is 91.7 cm³/mol. The van der Waals surface area contributed by atoms with E-state index in [4.69, 9.17) is 9.26 Å². The molecule has 0 spiro atoms. The fourth-order valence-electron chi connectivity index (χ4n) is 3.23. The van der Waals surface area contributed by atoms with Gasteiger partial charge < -0.3 is 14.2 Å². The van der Waals surface area contributed by atoms with E-state index in [2.05, 4.69) is 10.1 Å². The molecule has 2 aliphatic rings. The van der Waals surface area contributed by atoms with Crippen LogP contribution in [0.2, 0.25) is 0 Å². The van der Waals surface area contributed by atoms with E-state index in [1.165, 1.54) is 0 Å². The van der Waals surface area contributed by atoms with Gasteiger partial charge in [0, 0.05) is 31.0 Å². The quantitative estimate of drug-likeness (QED) is 0.808. The van der Waals surface area contributed by atoms with Crippen molar-refractivity contribution in [1.29, 1.82) is 0 Å². The second kappa shape index (κ2) is 7.35. The minimum atomic E-state index is 0.122. The normalized spacial score (nSPS) is 20.6. The molecule has 0 bridgehead atoms. The molecule has 132 valence electrons. The molecule has 0 N–H and O–H groups in total. The molecule has 1 aliphatic heterocycles. The Labute approximate surface area is 147 Å². The van der Waals surface area contributed by atoms with Crippen LogP contribution in [0.15, 0.2) is 34.9 Å². The van der Waals surface area contributed by atoms with Crippen LogP contribution < -0.4 is 0 Å². The van der Waals surface area contributed by atoms with Crippen molar-refractivity contribution in [3.63, 3.8) is 0 Å². The van der Waals surface area contributed by atoms with Gasteiger partial charge in [-0.25, -0.2) is 0 Å². The minimum absolute atomic E-state index is 0.122. The lowest BCUT2D eigenvalue weighted by Gasteiger charge is -2.32. The van der Waals surface area contributed by atoms with Crippen LogP contribution in [0.25, 0.3) is 11.5 Å². The highest BCUT2D eigenvalue weighted by Gasteiger charge is 2.35. The van der Waals surface area contributed by atoms with Gasteiger partial charge in [-0.2, -0.15) is 4.98 Å². The van der Waals surface area contributed by atoms with Gasteiger partial charge in [0.15, 0.2) is 5.82 Å². The number of ether oxygens (including phenoxy) is 1. The monoisotopic (exact) mass is 341 g/mol. The number of nitrogens with zero attached hydrogens (tertiary/aromatic N) is 3. The number of hydrogen-bond donors (Lipinski definition) is 0. The third kappa shape index (κ3) is 4.07.